The lowest BCUT2D eigenvalue weighted by atomic mass is 10.00. The van der Waals surface area contributed by atoms with Crippen LogP contribution >= 0.6 is 0 Å². The molecule has 1 aromatic heterocycles. The van der Waals surface area contributed by atoms with Gasteiger partial charge in [-0.1, -0.05) is 33.1 Å². The maximum Gasteiger partial charge on any atom is 0.159 e. The first kappa shape index (κ1) is 15.5. The van der Waals surface area contributed by atoms with E-state index in [2.05, 4.69) is 23.8 Å². The van der Waals surface area contributed by atoms with E-state index in [4.69, 9.17) is 0 Å². The highest BCUT2D eigenvalue weighted by molar-refractivity contribution is 5.55. The number of unbranched alkanes of at least 4 members (excludes halogenated alkanes) is 1. The zero-order valence-corrected chi connectivity index (χ0v) is 12.9. The minimum Gasteiger partial charge on any atom is -0.508 e. The largest absolute Gasteiger partial charge is 0.508 e. The molecule has 1 aromatic carbocycles. The van der Waals surface area contributed by atoms with Gasteiger partial charge in [-0.2, -0.15) is 0 Å². The summed E-state index contributed by atoms with van der Waals surface area (Å²) in [6, 6.07) is 6.97. The molecule has 0 radical (unpaired) electrons. The molecule has 0 aliphatic rings. The summed E-state index contributed by atoms with van der Waals surface area (Å²) in [6.07, 6.45) is 9.93. The van der Waals surface area contributed by atoms with Gasteiger partial charge in [-0.3, -0.25) is 0 Å². The molecule has 1 heterocycles. The van der Waals surface area contributed by atoms with Crippen molar-refractivity contribution in [2.75, 3.05) is 0 Å². The van der Waals surface area contributed by atoms with Crippen LogP contribution in [0.5, 0.6) is 5.75 Å². The van der Waals surface area contributed by atoms with Gasteiger partial charge in [0.2, 0.25) is 0 Å². The lowest BCUT2D eigenvalue weighted by Crippen LogP contribution is -1.95. The zero-order chi connectivity index (χ0) is 15.1. The molecule has 0 saturated heterocycles. The highest BCUT2D eigenvalue weighted by Crippen LogP contribution is 2.18. The summed E-state index contributed by atoms with van der Waals surface area (Å²) in [7, 11) is 0. The minimum absolute atomic E-state index is 0.261. The van der Waals surface area contributed by atoms with Crippen molar-refractivity contribution < 1.29 is 5.11 Å². The molecule has 2 aromatic rings. The van der Waals surface area contributed by atoms with Crippen molar-refractivity contribution in [3.8, 4) is 17.1 Å². The lowest BCUT2D eigenvalue weighted by molar-refractivity contribution is 0.475. The summed E-state index contributed by atoms with van der Waals surface area (Å²) >= 11 is 0. The third-order valence-corrected chi connectivity index (χ3v) is 3.94. The average Bonchev–Trinajstić information content (AvgIpc) is 2.52. The molecule has 0 aliphatic heterocycles. The Morgan fingerprint density at radius 3 is 2.33 bits per heavy atom. The summed E-state index contributed by atoms with van der Waals surface area (Å²) < 4.78 is 0. The van der Waals surface area contributed by atoms with Crippen LogP contribution in [0.4, 0.5) is 0 Å². The van der Waals surface area contributed by atoms with Gasteiger partial charge in [0, 0.05) is 18.0 Å². The van der Waals surface area contributed by atoms with E-state index >= 15 is 0 Å². The first-order valence-corrected chi connectivity index (χ1v) is 7.79. The molecule has 2 rings (SSSR count). The highest BCUT2D eigenvalue weighted by atomic mass is 16.3. The number of nitrogens with zero attached hydrogens (tertiary/aromatic N) is 2. The number of aromatic hydroxyl groups is 1. The lowest BCUT2D eigenvalue weighted by Gasteiger charge is -2.07. The topological polar surface area (TPSA) is 46.0 Å². The van der Waals surface area contributed by atoms with Gasteiger partial charge < -0.3 is 5.11 Å². The number of rotatable bonds is 7. The number of aromatic nitrogens is 2. The SMILES string of the molecule is CC[C@H](C)CCCCc1cnc(-c2ccc(O)cc2)nc1. The number of phenolic OH excluding ortho intramolecular Hbond substituents is 1. The Kier molecular flexibility index (Phi) is 5.73. The Bertz CT molecular complexity index is 534. The fourth-order valence-electron chi connectivity index (χ4n) is 2.27. The Labute approximate surface area is 127 Å². The first-order valence-electron chi connectivity index (χ1n) is 7.79. The van der Waals surface area contributed by atoms with Crippen LogP contribution in [0.1, 0.15) is 45.1 Å². The Balaban J connectivity index is 1.86. The van der Waals surface area contributed by atoms with Crippen LogP contribution in [0.3, 0.4) is 0 Å². The van der Waals surface area contributed by atoms with Gasteiger partial charge in [0.25, 0.3) is 0 Å². The van der Waals surface area contributed by atoms with Crippen molar-refractivity contribution in [3.05, 3.63) is 42.2 Å². The molecule has 0 aliphatic carbocycles. The quantitative estimate of drug-likeness (QED) is 0.755. The van der Waals surface area contributed by atoms with Crippen LogP contribution in [0, 0.1) is 5.92 Å². The third-order valence-electron chi connectivity index (χ3n) is 3.94. The molecule has 0 fully saturated rings. The Morgan fingerprint density at radius 2 is 1.71 bits per heavy atom. The summed E-state index contributed by atoms with van der Waals surface area (Å²) in [5.74, 6) is 1.80. The third kappa shape index (κ3) is 4.85. The van der Waals surface area contributed by atoms with Crippen molar-refractivity contribution >= 4 is 0 Å². The second kappa shape index (κ2) is 7.77. The van der Waals surface area contributed by atoms with Crippen molar-refractivity contribution in [2.24, 2.45) is 5.92 Å². The number of benzene rings is 1. The molecule has 21 heavy (non-hydrogen) atoms. The van der Waals surface area contributed by atoms with E-state index in [9.17, 15) is 5.11 Å². The predicted octanol–water partition coefficient (Wildman–Crippen LogP) is 4.61. The first-order chi connectivity index (χ1) is 10.2. The molecule has 0 amide bonds. The summed E-state index contributed by atoms with van der Waals surface area (Å²) in [4.78, 5) is 8.83. The maximum atomic E-state index is 9.28. The summed E-state index contributed by atoms with van der Waals surface area (Å²) in [6.45, 7) is 4.57. The number of hydrogen-bond donors (Lipinski definition) is 1. The predicted molar refractivity (Wildman–Crippen MR) is 86.1 cm³/mol. The van der Waals surface area contributed by atoms with E-state index in [-0.39, 0.29) is 5.75 Å². The minimum atomic E-state index is 0.261. The van der Waals surface area contributed by atoms with Crippen molar-refractivity contribution in [3.63, 3.8) is 0 Å². The zero-order valence-electron chi connectivity index (χ0n) is 12.9. The second-order valence-electron chi connectivity index (χ2n) is 5.72. The molecule has 3 nitrogen and oxygen atoms in total. The Hall–Kier alpha value is -1.90. The van der Waals surface area contributed by atoms with Crippen LogP contribution in [0.2, 0.25) is 0 Å². The molecular weight excluding hydrogens is 260 g/mol. The van der Waals surface area contributed by atoms with Crippen LogP contribution in [-0.2, 0) is 6.42 Å². The van der Waals surface area contributed by atoms with Crippen LogP contribution < -0.4 is 0 Å². The van der Waals surface area contributed by atoms with E-state index in [1.54, 1.807) is 12.1 Å². The summed E-state index contributed by atoms with van der Waals surface area (Å²) in [5, 5.41) is 9.28. The van der Waals surface area contributed by atoms with Crippen molar-refractivity contribution in [2.45, 2.75) is 46.0 Å². The van der Waals surface area contributed by atoms with Gasteiger partial charge in [0.05, 0.1) is 0 Å². The number of hydrogen-bond acceptors (Lipinski definition) is 3. The maximum absolute atomic E-state index is 9.28. The molecular formula is C18H24N2O. The fourth-order valence-corrected chi connectivity index (χ4v) is 2.27. The van der Waals surface area contributed by atoms with E-state index in [0.29, 0.717) is 5.82 Å². The van der Waals surface area contributed by atoms with Crippen molar-refractivity contribution in [1.82, 2.24) is 9.97 Å². The van der Waals surface area contributed by atoms with Gasteiger partial charge >= 0.3 is 0 Å². The molecule has 0 bridgehead atoms. The summed E-state index contributed by atoms with van der Waals surface area (Å²) in [5.41, 5.74) is 2.12. The molecule has 1 N–H and O–H groups in total. The molecule has 112 valence electrons. The smallest absolute Gasteiger partial charge is 0.159 e. The van der Waals surface area contributed by atoms with E-state index in [1.165, 1.54) is 31.2 Å². The molecule has 3 heteroatoms. The fraction of sp³-hybridized carbons (Fsp3) is 0.444. The molecule has 0 spiro atoms. The molecule has 0 unspecified atom stereocenters. The second-order valence-corrected chi connectivity index (χ2v) is 5.72. The van der Waals surface area contributed by atoms with Crippen LogP contribution in [0.25, 0.3) is 11.4 Å². The normalized spacial score (nSPS) is 12.3. The monoisotopic (exact) mass is 284 g/mol. The van der Waals surface area contributed by atoms with Gasteiger partial charge in [-0.05, 0) is 48.6 Å². The Morgan fingerprint density at radius 1 is 1.05 bits per heavy atom. The van der Waals surface area contributed by atoms with E-state index in [1.807, 2.05) is 24.5 Å². The standard InChI is InChI=1S/C18H24N2O/c1-3-14(2)6-4-5-7-15-12-19-18(20-13-15)16-8-10-17(21)11-9-16/h8-14,21H,3-7H2,1-2H3/t14-/m0/s1. The van der Waals surface area contributed by atoms with Gasteiger partial charge in [0.15, 0.2) is 5.82 Å². The number of aryl methyl sites for hydroxylation is 1. The van der Waals surface area contributed by atoms with Crippen LogP contribution in [-0.4, -0.2) is 15.1 Å². The van der Waals surface area contributed by atoms with Crippen molar-refractivity contribution in [1.29, 1.82) is 0 Å². The highest BCUT2D eigenvalue weighted by Gasteiger charge is 2.03. The van der Waals surface area contributed by atoms with E-state index < -0.39 is 0 Å². The number of phenols is 1. The van der Waals surface area contributed by atoms with Crippen LogP contribution in [0.15, 0.2) is 36.7 Å². The average molecular weight is 284 g/mol. The van der Waals surface area contributed by atoms with E-state index in [0.717, 1.165) is 17.9 Å². The molecule has 1 atom stereocenters. The van der Waals surface area contributed by atoms with Gasteiger partial charge in [0.1, 0.15) is 5.75 Å². The molecule has 0 saturated carbocycles. The van der Waals surface area contributed by atoms with Gasteiger partial charge in [-0.25, -0.2) is 9.97 Å². The van der Waals surface area contributed by atoms with Gasteiger partial charge in [-0.15, -0.1) is 0 Å².